The van der Waals surface area contributed by atoms with Crippen molar-refractivity contribution in [1.82, 2.24) is 29.6 Å². The number of aromatic nitrogens is 5. The maximum atomic E-state index is 14.6. The Kier molecular flexibility index (Phi) is 10.4. The van der Waals surface area contributed by atoms with E-state index in [4.69, 9.17) is 29.0 Å². The number of aliphatic hydroxyl groups excluding tert-OH is 1. The van der Waals surface area contributed by atoms with Gasteiger partial charge in [0.2, 0.25) is 11.8 Å². The minimum Gasteiger partial charge on any atom is -0.479 e. The average molecular weight is 744 g/mol. The van der Waals surface area contributed by atoms with Crippen LogP contribution in [0.25, 0.3) is 22.1 Å². The summed E-state index contributed by atoms with van der Waals surface area (Å²) in [6, 6.07) is 9.65. The minimum atomic E-state index is -4.59. The molecule has 0 amide bonds. The first-order valence-electron chi connectivity index (χ1n) is 16.0. The number of anilines is 1. The Balaban J connectivity index is 1.26. The lowest BCUT2D eigenvalue weighted by Crippen LogP contribution is -2.45. The highest BCUT2D eigenvalue weighted by atomic mass is 31.2. The van der Waals surface area contributed by atoms with Crippen LogP contribution in [0.1, 0.15) is 32.6 Å². The molecule has 16 nitrogen and oxygen atoms in total. The SMILES string of the molecule is COc1nc(N)nc2c1ncn2C1OC(COP(=O)(N[C@H](C(=O)OCc2ccc(F)cc2F)C(C)C)Oc2ccc3ncccc3c2)[C@@H](O)[C@@]1(C)O. The van der Waals surface area contributed by atoms with Gasteiger partial charge in [0, 0.05) is 23.2 Å². The van der Waals surface area contributed by atoms with E-state index in [1.54, 1.807) is 44.3 Å². The summed E-state index contributed by atoms with van der Waals surface area (Å²) in [7, 11) is -3.22. The molecule has 5 aromatic rings. The number of carbonyl (C=O) groups excluding carboxylic acids is 1. The van der Waals surface area contributed by atoms with Crippen LogP contribution in [-0.2, 0) is 30.0 Å². The third-order valence-electron chi connectivity index (χ3n) is 8.42. The first-order chi connectivity index (χ1) is 24.7. The van der Waals surface area contributed by atoms with E-state index in [-0.39, 0.29) is 34.3 Å². The number of rotatable bonds is 13. The van der Waals surface area contributed by atoms with Gasteiger partial charge in [-0.05, 0) is 49.2 Å². The van der Waals surface area contributed by atoms with E-state index in [1.165, 1.54) is 31.0 Å². The van der Waals surface area contributed by atoms with Gasteiger partial charge in [-0.25, -0.2) is 18.3 Å². The first-order valence-corrected chi connectivity index (χ1v) is 17.5. The van der Waals surface area contributed by atoms with Gasteiger partial charge in [0.05, 0.1) is 25.6 Å². The number of imidazole rings is 1. The molecule has 5 N–H and O–H groups in total. The van der Waals surface area contributed by atoms with Crippen molar-refractivity contribution in [2.24, 2.45) is 5.92 Å². The number of nitrogen functional groups attached to an aromatic ring is 1. The van der Waals surface area contributed by atoms with E-state index in [2.05, 4.69) is 25.0 Å². The summed E-state index contributed by atoms with van der Waals surface area (Å²) in [6.45, 7) is 3.43. The van der Waals surface area contributed by atoms with Crippen molar-refractivity contribution >= 4 is 41.7 Å². The highest BCUT2D eigenvalue weighted by Crippen LogP contribution is 2.48. The third kappa shape index (κ3) is 7.53. The number of hydrogen-bond donors (Lipinski definition) is 4. The van der Waals surface area contributed by atoms with Crippen LogP contribution in [0.4, 0.5) is 14.7 Å². The lowest BCUT2D eigenvalue weighted by molar-refractivity contribution is -0.148. The summed E-state index contributed by atoms with van der Waals surface area (Å²) in [6.07, 6.45) is -1.32. The largest absolute Gasteiger partial charge is 0.479 e. The number of hydrogen-bond acceptors (Lipinski definition) is 14. The van der Waals surface area contributed by atoms with Crippen molar-refractivity contribution < 1.29 is 51.6 Å². The number of carbonyl (C=O) groups is 1. The van der Waals surface area contributed by atoms with Crippen LogP contribution in [0.3, 0.4) is 0 Å². The van der Waals surface area contributed by atoms with Crippen molar-refractivity contribution in [2.75, 3.05) is 19.5 Å². The fraction of sp³-hybridized carbons (Fsp3) is 0.364. The molecule has 3 unspecified atom stereocenters. The summed E-state index contributed by atoms with van der Waals surface area (Å²) in [4.78, 5) is 30.0. The smallest absolute Gasteiger partial charge is 0.459 e. The number of nitrogens with two attached hydrogens (primary N) is 1. The van der Waals surface area contributed by atoms with E-state index in [0.29, 0.717) is 17.0 Å². The van der Waals surface area contributed by atoms with Crippen LogP contribution in [0.15, 0.2) is 61.1 Å². The van der Waals surface area contributed by atoms with Crippen molar-refractivity contribution in [2.45, 2.75) is 57.5 Å². The molecule has 276 valence electrons. The standard InChI is InChI=1S/C33H36F2N7O9P/c1-17(2)25(30(44)48-14-19-7-8-20(34)13-22(19)35)41-52(46,51-21-9-10-23-18(12-21)6-5-11-37-23)49-15-24-27(43)33(3,45)31(50-24)42-16-38-26-28(42)39-32(36)40-29(26)47-4/h5-13,16-17,24-25,27,31,43,45H,14-15H2,1-4H3,(H,41,46)(H2,36,39,40)/t24?,25-,27+,31?,33+,52?/m0/s1. The number of nitrogens with one attached hydrogen (secondary N) is 1. The van der Waals surface area contributed by atoms with Crippen LogP contribution in [0, 0.1) is 17.6 Å². The van der Waals surface area contributed by atoms with Gasteiger partial charge in [0.15, 0.2) is 17.4 Å². The van der Waals surface area contributed by atoms with Crippen molar-refractivity contribution in [3.8, 4) is 11.6 Å². The Bertz CT molecular complexity index is 2150. The predicted molar refractivity (Wildman–Crippen MR) is 181 cm³/mol. The fourth-order valence-electron chi connectivity index (χ4n) is 5.63. The number of ether oxygens (including phenoxy) is 3. The van der Waals surface area contributed by atoms with Crippen LogP contribution >= 0.6 is 7.75 Å². The Morgan fingerprint density at radius 2 is 1.96 bits per heavy atom. The second-order valence-corrected chi connectivity index (χ2v) is 14.2. The molecule has 4 heterocycles. The van der Waals surface area contributed by atoms with Crippen LogP contribution < -0.4 is 20.1 Å². The predicted octanol–water partition coefficient (Wildman–Crippen LogP) is 3.81. The lowest BCUT2D eigenvalue weighted by atomic mass is 9.96. The second kappa shape index (κ2) is 14.7. The third-order valence-corrected chi connectivity index (χ3v) is 9.95. The molecule has 0 spiro atoms. The molecule has 0 aliphatic carbocycles. The summed E-state index contributed by atoms with van der Waals surface area (Å²) in [5, 5.41) is 26.0. The summed E-state index contributed by atoms with van der Waals surface area (Å²) in [5.41, 5.74) is 4.78. The summed E-state index contributed by atoms with van der Waals surface area (Å²) >= 11 is 0. The number of nitrogens with zero attached hydrogens (tertiary/aromatic N) is 5. The van der Waals surface area contributed by atoms with Crippen molar-refractivity contribution in [1.29, 1.82) is 0 Å². The normalized spacial score (nSPS) is 22.1. The van der Waals surface area contributed by atoms with Crippen LogP contribution in [0.5, 0.6) is 11.6 Å². The highest BCUT2D eigenvalue weighted by molar-refractivity contribution is 7.52. The van der Waals surface area contributed by atoms with Gasteiger partial charge in [-0.1, -0.05) is 19.9 Å². The second-order valence-electron chi connectivity index (χ2n) is 12.5. The monoisotopic (exact) mass is 743 g/mol. The van der Waals surface area contributed by atoms with Gasteiger partial charge >= 0.3 is 13.7 Å². The Hall–Kier alpha value is -4.84. The molecule has 2 aromatic carbocycles. The van der Waals surface area contributed by atoms with Crippen LogP contribution in [0.2, 0.25) is 0 Å². The molecule has 6 atom stereocenters. The van der Waals surface area contributed by atoms with E-state index < -0.39 is 74.6 Å². The van der Waals surface area contributed by atoms with E-state index in [9.17, 15) is 28.4 Å². The molecule has 3 aromatic heterocycles. The minimum absolute atomic E-state index is 0.0778. The first kappa shape index (κ1) is 36.9. The average Bonchev–Trinajstić information content (AvgIpc) is 3.61. The number of fused-ring (bicyclic) bond motifs is 2. The van der Waals surface area contributed by atoms with E-state index in [1.807, 2.05) is 0 Å². The zero-order chi connectivity index (χ0) is 37.4. The number of benzene rings is 2. The van der Waals surface area contributed by atoms with Gasteiger partial charge in [-0.3, -0.25) is 18.9 Å². The van der Waals surface area contributed by atoms with Gasteiger partial charge in [-0.2, -0.15) is 15.1 Å². The summed E-state index contributed by atoms with van der Waals surface area (Å²) in [5.74, 6) is -3.20. The maximum Gasteiger partial charge on any atom is 0.459 e. The molecule has 0 bridgehead atoms. The number of halogens is 2. The molecular weight excluding hydrogens is 707 g/mol. The van der Waals surface area contributed by atoms with E-state index in [0.717, 1.165) is 12.1 Å². The zero-order valence-corrected chi connectivity index (χ0v) is 29.2. The Morgan fingerprint density at radius 3 is 2.69 bits per heavy atom. The van der Waals surface area contributed by atoms with Gasteiger partial charge in [0.25, 0.3) is 0 Å². The topological polar surface area (TPSA) is 215 Å². The molecule has 1 aliphatic heterocycles. The zero-order valence-electron chi connectivity index (χ0n) is 28.3. The highest BCUT2D eigenvalue weighted by Gasteiger charge is 2.54. The maximum absolute atomic E-state index is 14.6. The lowest BCUT2D eigenvalue weighted by Gasteiger charge is -2.28. The number of methoxy groups -OCH3 is 1. The fourth-order valence-corrected chi connectivity index (χ4v) is 7.29. The molecule has 1 aliphatic rings. The molecular formula is C33H36F2N7O9P. The molecule has 1 fully saturated rings. The van der Waals surface area contributed by atoms with Gasteiger partial charge in [-0.15, -0.1) is 0 Å². The van der Waals surface area contributed by atoms with Gasteiger partial charge in [0.1, 0.15) is 47.8 Å². The number of pyridine rings is 1. The number of esters is 1. The Labute approximate surface area is 295 Å². The molecule has 1 saturated heterocycles. The van der Waals surface area contributed by atoms with Crippen molar-refractivity contribution in [3.63, 3.8) is 0 Å². The number of aliphatic hydroxyl groups is 2. The van der Waals surface area contributed by atoms with Crippen molar-refractivity contribution in [3.05, 3.63) is 78.3 Å². The molecule has 52 heavy (non-hydrogen) atoms. The molecule has 0 saturated carbocycles. The van der Waals surface area contributed by atoms with E-state index >= 15 is 0 Å². The van der Waals surface area contributed by atoms with Gasteiger partial charge < -0.3 is 34.7 Å². The summed E-state index contributed by atoms with van der Waals surface area (Å²) < 4.78 is 71.9. The molecule has 6 rings (SSSR count). The molecule has 19 heteroatoms. The quantitative estimate of drug-likeness (QED) is 0.0997. The van der Waals surface area contributed by atoms with Crippen LogP contribution in [-0.4, -0.2) is 78.3 Å². The Morgan fingerprint density at radius 1 is 1.17 bits per heavy atom. The molecule has 0 radical (unpaired) electrons.